The summed E-state index contributed by atoms with van der Waals surface area (Å²) in [6.07, 6.45) is -14.5. The Kier molecular flexibility index (Phi) is 30.0. The summed E-state index contributed by atoms with van der Waals surface area (Å²) in [5, 5.41) is 197. The van der Waals surface area contributed by atoms with Gasteiger partial charge in [0.25, 0.3) is 0 Å². The number of hydrogen-bond acceptors (Lipinski definition) is 29. The van der Waals surface area contributed by atoms with Crippen molar-refractivity contribution in [3.63, 3.8) is 0 Å². The molecule has 526 valence electrons. The number of aliphatic hydroxyl groups excluding tert-OH is 15. The quantitative estimate of drug-likeness (QED) is 0.103. The molecule has 1 aromatic heterocycles. The minimum atomic E-state index is -2.69. The van der Waals surface area contributed by atoms with Gasteiger partial charge in [0.1, 0.15) is 60.7 Å². The Labute approximate surface area is 538 Å². The molecule has 4 fully saturated rings. The Balaban J connectivity index is 1.26. The van der Waals surface area contributed by atoms with Crippen molar-refractivity contribution >= 4 is 17.7 Å². The second-order valence-corrected chi connectivity index (χ2v) is 24.8. The van der Waals surface area contributed by atoms with Gasteiger partial charge in [0.05, 0.1) is 105 Å². The zero-order valence-electron chi connectivity index (χ0n) is 52.6. The molecule has 4 saturated heterocycles. The van der Waals surface area contributed by atoms with Crippen LogP contribution in [-0.2, 0) is 42.7 Å². The number of esters is 1. The average molecular weight is 1330 g/mol. The Bertz CT molecular complexity index is 2670. The van der Waals surface area contributed by atoms with Crippen LogP contribution in [0.4, 0.5) is 5.82 Å². The Morgan fingerprint density at radius 1 is 0.645 bits per heavy atom. The molecule has 6 heterocycles. The van der Waals surface area contributed by atoms with E-state index in [1.807, 2.05) is 0 Å². The molecule has 2 bridgehead atoms. The minimum Gasteiger partial charge on any atom is -0.462 e. The monoisotopic (exact) mass is 1330 g/mol. The molecular formula is C63H97N3O27. The third-order valence-corrected chi connectivity index (χ3v) is 17.3. The molecule has 5 aliphatic rings. The van der Waals surface area contributed by atoms with Gasteiger partial charge in [-0.3, -0.25) is 9.59 Å². The number of carbonyl (C=O) groups is 2. The molecule has 30 nitrogen and oxygen atoms in total. The van der Waals surface area contributed by atoms with E-state index in [2.05, 4.69) is 15.8 Å². The van der Waals surface area contributed by atoms with Gasteiger partial charge in [0.15, 0.2) is 24.2 Å². The molecule has 5 aliphatic heterocycles. The van der Waals surface area contributed by atoms with Crippen LogP contribution in [-0.4, -0.2) is 276 Å². The zero-order chi connectivity index (χ0) is 68.5. The fourth-order valence-corrected chi connectivity index (χ4v) is 11.6. The average Bonchev–Trinajstić information content (AvgIpc) is 0.920. The summed E-state index contributed by atoms with van der Waals surface area (Å²) in [5.41, 5.74) is 0. The smallest absolute Gasteiger partial charge is 0.308 e. The van der Waals surface area contributed by atoms with E-state index >= 15 is 0 Å². The van der Waals surface area contributed by atoms with Gasteiger partial charge in [-0.05, 0) is 40.0 Å². The second-order valence-electron chi connectivity index (χ2n) is 24.8. The van der Waals surface area contributed by atoms with Crippen molar-refractivity contribution in [2.24, 2.45) is 17.8 Å². The third kappa shape index (κ3) is 22.2. The lowest BCUT2D eigenvalue weighted by Crippen LogP contribution is -2.70. The number of ether oxygens (including phenoxy) is 7. The number of cyclic esters (lactones) is 1. The second kappa shape index (κ2) is 36.1. The number of fused-ring (bicyclic) bond motifs is 2. The summed E-state index contributed by atoms with van der Waals surface area (Å²) in [7, 11) is 0. The summed E-state index contributed by atoms with van der Waals surface area (Å²) in [6, 6.07) is -0.0923. The van der Waals surface area contributed by atoms with E-state index in [-0.39, 0.29) is 31.0 Å². The standard InChI is InChI=1S/C63H97N3O27/c1-32-18-16-14-12-10-8-6-7-9-11-13-15-17-19-40(89-60-54(79)50(52(77)36(5)88-60)64-31-63(85)58(82)57(44(74)30-86-63)91-61-56(81)55(80)53(78)46(29-67)90-61)26-45-49(59(83)65-47-22-33(2)93-66-47)43(73)28-62(84,92-45)27-39(70)24-42(72)41(71)21-20-37(68)23-38(69)25-48(75)87-35(4)34(3)51(32)76/h6-19,22,32,34-46,49-58,60-61,64,67-74,76-82,84-85H,20-21,23-31H2,1-5H3,(H,65,66,83)/b7-6+,10-8+,11-9+,14-12+,15-13+,18-16+,19-17?/t32-,34?,35-,36+,37+,38+,39-,40-,41+,42+,43-,44+,45?,46+,49?,50-,51+,52+,53+,54-,55-,56+,57+,58-,60?,61?,62+,63+/m0/s1. The van der Waals surface area contributed by atoms with Crippen LogP contribution in [0.5, 0.6) is 0 Å². The number of hydrogen-bond donors (Lipinski definition) is 19. The van der Waals surface area contributed by atoms with Crippen LogP contribution >= 0.6 is 0 Å². The molecule has 0 aromatic carbocycles. The van der Waals surface area contributed by atoms with Crippen molar-refractivity contribution in [1.82, 2.24) is 10.5 Å². The number of aromatic nitrogens is 1. The number of amides is 1. The van der Waals surface area contributed by atoms with Gasteiger partial charge >= 0.3 is 5.97 Å². The summed E-state index contributed by atoms with van der Waals surface area (Å²) in [6.45, 7) is 5.80. The van der Waals surface area contributed by atoms with Crippen LogP contribution in [0.1, 0.15) is 84.8 Å². The summed E-state index contributed by atoms with van der Waals surface area (Å²) >= 11 is 0. The van der Waals surface area contributed by atoms with Crippen LogP contribution in [0.25, 0.3) is 0 Å². The number of carbonyl (C=O) groups excluding carboxylic acids is 2. The van der Waals surface area contributed by atoms with Crippen LogP contribution in [0.2, 0.25) is 0 Å². The van der Waals surface area contributed by atoms with Crippen molar-refractivity contribution in [3.05, 3.63) is 96.9 Å². The highest BCUT2D eigenvalue weighted by molar-refractivity contribution is 5.92. The number of aryl methyl sites for hydroxylation is 1. The molecule has 6 rings (SSSR count). The molecule has 5 unspecified atom stereocenters. The summed E-state index contributed by atoms with van der Waals surface area (Å²) in [4.78, 5) is 27.0. The van der Waals surface area contributed by atoms with Gasteiger partial charge in [-0.2, -0.15) is 0 Å². The largest absolute Gasteiger partial charge is 0.462 e. The SMILES string of the molecule is Cc1cc(NC(=O)C2C3C[C@@H](OC4O[C@H](C)[C@@H](O)[C@H](NC[C@@]5(O)OC[C@@H](O)[C@@H](OC6O[C@H](CO)[C@@H](O)[C@H](O)[C@H]6O)[C@@H]5O)[C@@H]4O)C=C/C=C/C=C/C=C/C=C/C=C/C=C/[C@H](C)[C@@H](O)C(C)[C@H](C)OC(=O)C[C@H](O)C[C@H](O)CC[C@@H](O)[C@H](O)C[C@H](O)C[C@](O)(C[C@@H]2O)O3)no1. The Morgan fingerprint density at radius 3 is 1.89 bits per heavy atom. The van der Waals surface area contributed by atoms with Crippen molar-refractivity contribution in [1.29, 1.82) is 0 Å². The lowest BCUT2D eigenvalue weighted by atomic mass is 9.82. The fraction of sp³-hybridized carbons (Fsp3) is 0.698. The maximum absolute atomic E-state index is 14.2. The molecule has 0 aliphatic carbocycles. The summed E-state index contributed by atoms with van der Waals surface area (Å²) in [5.74, 6) is -8.89. The highest BCUT2D eigenvalue weighted by Crippen LogP contribution is 2.39. The molecule has 1 amide bonds. The topological polar surface area (TPSA) is 493 Å². The van der Waals surface area contributed by atoms with Gasteiger partial charge in [-0.25, -0.2) is 0 Å². The van der Waals surface area contributed by atoms with E-state index < -0.39 is 228 Å². The first-order valence-corrected chi connectivity index (χ1v) is 31.3. The highest BCUT2D eigenvalue weighted by Gasteiger charge is 2.55. The van der Waals surface area contributed by atoms with Gasteiger partial charge < -0.3 is 135 Å². The number of nitrogens with one attached hydrogen (secondary N) is 2. The van der Waals surface area contributed by atoms with E-state index in [0.717, 1.165) is 0 Å². The predicted molar refractivity (Wildman–Crippen MR) is 325 cm³/mol. The van der Waals surface area contributed by atoms with Gasteiger partial charge in [0.2, 0.25) is 11.7 Å². The first-order valence-electron chi connectivity index (χ1n) is 31.3. The molecule has 0 radical (unpaired) electrons. The Morgan fingerprint density at radius 2 is 1.27 bits per heavy atom. The van der Waals surface area contributed by atoms with Gasteiger partial charge in [-0.15, -0.1) is 0 Å². The Hall–Kier alpha value is -4.63. The van der Waals surface area contributed by atoms with E-state index in [9.17, 15) is 96.4 Å². The molecule has 0 saturated carbocycles. The van der Waals surface area contributed by atoms with Crippen LogP contribution in [0.15, 0.2) is 95.7 Å². The molecule has 93 heavy (non-hydrogen) atoms. The first kappa shape index (κ1) is 77.4. The number of anilines is 1. The number of aliphatic hydroxyl groups is 17. The first-order chi connectivity index (χ1) is 43.9. The van der Waals surface area contributed by atoms with E-state index in [0.29, 0.717) is 5.76 Å². The van der Waals surface area contributed by atoms with Crippen molar-refractivity contribution in [3.8, 4) is 0 Å². The molecule has 0 spiro atoms. The predicted octanol–water partition coefficient (Wildman–Crippen LogP) is -3.18. The molecule has 19 N–H and O–H groups in total. The molecule has 1 aromatic rings. The number of allylic oxidation sites excluding steroid dienone is 12. The van der Waals surface area contributed by atoms with Gasteiger partial charge in [0, 0.05) is 43.6 Å². The van der Waals surface area contributed by atoms with E-state index in [1.165, 1.54) is 25.1 Å². The van der Waals surface area contributed by atoms with E-state index in [4.69, 9.17) is 37.7 Å². The molecule has 30 heteroatoms. The van der Waals surface area contributed by atoms with E-state index in [1.54, 1.807) is 101 Å². The highest BCUT2D eigenvalue weighted by atomic mass is 16.7. The third-order valence-electron chi connectivity index (χ3n) is 17.3. The summed E-state index contributed by atoms with van der Waals surface area (Å²) < 4.78 is 45.8. The molecule has 28 atom stereocenters. The van der Waals surface area contributed by atoms with Crippen molar-refractivity contribution in [2.45, 2.75) is 238 Å². The zero-order valence-corrected chi connectivity index (χ0v) is 52.6. The lowest BCUT2D eigenvalue weighted by Gasteiger charge is -2.48. The maximum atomic E-state index is 14.2. The normalized spacial score (nSPS) is 45.0. The van der Waals surface area contributed by atoms with Crippen molar-refractivity contribution in [2.75, 3.05) is 25.1 Å². The number of nitrogens with zero attached hydrogens (tertiary/aromatic N) is 1. The number of rotatable bonds is 10. The van der Waals surface area contributed by atoms with Crippen LogP contribution in [0.3, 0.4) is 0 Å². The van der Waals surface area contributed by atoms with Crippen LogP contribution in [0, 0.1) is 24.7 Å². The molecular weight excluding hydrogens is 1230 g/mol. The van der Waals surface area contributed by atoms with Crippen LogP contribution < -0.4 is 10.6 Å². The fourth-order valence-electron chi connectivity index (χ4n) is 11.6. The maximum Gasteiger partial charge on any atom is 0.308 e. The lowest BCUT2D eigenvalue weighted by molar-refractivity contribution is -0.368. The van der Waals surface area contributed by atoms with Gasteiger partial charge in [-0.1, -0.05) is 104 Å². The van der Waals surface area contributed by atoms with Crippen molar-refractivity contribution < 1.29 is 134 Å². The minimum absolute atomic E-state index is 0.0434.